The first kappa shape index (κ1) is 25.4. The quantitative estimate of drug-likeness (QED) is 0.273. The highest BCUT2D eigenvalue weighted by Crippen LogP contribution is 2.09. The number of amides is 1. The molecule has 0 aromatic carbocycles. The summed E-state index contributed by atoms with van der Waals surface area (Å²) >= 11 is 0. The molecule has 144 valence electrons. The summed E-state index contributed by atoms with van der Waals surface area (Å²) in [7, 11) is 0. The summed E-state index contributed by atoms with van der Waals surface area (Å²) in [6, 6.07) is 0. The van der Waals surface area contributed by atoms with Gasteiger partial charge >= 0.3 is 0 Å². The van der Waals surface area contributed by atoms with E-state index in [1.807, 2.05) is 0 Å². The molecule has 0 rings (SSSR count). The summed E-state index contributed by atoms with van der Waals surface area (Å²) in [6.45, 7) is 5.14. The largest absolute Gasteiger partial charge is 0.370 e. The van der Waals surface area contributed by atoms with E-state index in [0.29, 0.717) is 6.42 Å². The van der Waals surface area contributed by atoms with Gasteiger partial charge in [-0.1, -0.05) is 77.4 Å². The van der Waals surface area contributed by atoms with Crippen molar-refractivity contribution in [3.05, 3.63) is 12.2 Å². The van der Waals surface area contributed by atoms with E-state index in [9.17, 15) is 4.79 Å². The normalized spacial score (nSPS) is 10.6. The van der Waals surface area contributed by atoms with Gasteiger partial charge in [0.1, 0.15) is 0 Å². The predicted octanol–water partition coefficient (Wildman–Crippen LogP) is 5.86. The van der Waals surface area contributed by atoms with Gasteiger partial charge in [0.25, 0.3) is 0 Å². The lowest BCUT2D eigenvalue weighted by Crippen LogP contribution is -2.09. The first-order chi connectivity index (χ1) is 11.7. The molecule has 0 radical (unpaired) electrons. The summed E-state index contributed by atoms with van der Waals surface area (Å²) in [5.74, 6) is -0.164. The summed E-state index contributed by atoms with van der Waals surface area (Å²) in [5, 5.41) is 0. The number of unbranched alkanes of at least 4 members (excludes halogenated alkanes) is 11. The van der Waals surface area contributed by atoms with Crippen molar-refractivity contribution in [3.8, 4) is 0 Å². The summed E-state index contributed by atoms with van der Waals surface area (Å²) in [5.41, 5.74) is 10.1. The van der Waals surface area contributed by atoms with Gasteiger partial charge in [-0.25, -0.2) is 0 Å². The number of allylic oxidation sites excluding steroid dienone is 2. The number of rotatable bonds is 16. The minimum absolute atomic E-state index is 0.164. The van der Waals surface area contributed by atoms with Gasteiger partial charge in [-0.2, -0.15) is 0 Å². The fraction of sp³-hybridized carbons (Fsp3) is 0.857. The minimum Gasteiger partial charge on any atom is -0.370 e. The molecule has 0 aromatic rings. The molecule has 0 aromatic heterocycles. The molecule has 3 nitrogen and oxygen atoms in total. The fourth-order valence-corrected chi connectivity index (χ4v) is 2.37. The Balaban J connectivity index is 0. The zero-order chi connectivity index (χ0) is 18.3. The SMILES string of the molecule is CCCCCCCC/C=C\CCCCCCCC(N)=O.CCCN. The van der Waals surface area contributed by atoms with E-state index in [1.165, 1.54) is 70.6 Å². The van der Waals surface area contributed by atoms with Crippen LogP contribution in [0.1, 0.15) is 110 Å². The van der Waals surface area contributed by atoms with Crippen molar-refractivity contribution in [2.45, 2.75) is 110 Å². The third-order valence-electron chi connectivity index (χ3n) is 3.97. The van der Waals surface area contributed by atoms with Crippen molar-refractivity contribution in [2.24, 2.45) is 11.5 Å². The summed E-state index contributed by atoms with van der Waals surface area (Å²) < 4.78 is 0. The van der Waals surface area contributed by atoms with E-state index < -0.39 is 0 Å². The molecule has 1 amide bonds. The van der Waals surface area contributed by atoms with Crippen molar-refractivity contribution in [1.29, 1.82) is 0 Å². The second-order valence-electron chi connectivity index (χ2n) is 6.59. The van der Waals surface area contributed by atoms with Gasteiger partial charge in [-0.05, 0) is 45.1 Å². The van der Waals surface area contributed by atoms with E-state index in [2.05, 4.69) is 26.0 Å². The molecular formula is C21H44N2O. The standard InChI is InChI=1S/C18H35NO.C3H9N/c1-2-3-4-5-6-7-8-9-10-11-12-13-14-15-16-17-18(19)20;1-2-3-4/h9-10H,2-8,11-17H2,1H3,(H2,19,20);2-4H2,1H3/b10-9-;. The average molecular weight is 341 g/mol. The highest BCUT2D eigenvalue weighted by Gasteiger charge is 1.94. The van der Waals surface area contributed by atoms with Crippen LogP contribution in [0.25, 0.3) is 0 Å². The van der Waals surface area contributed by atoms with Gasteiger partial charge in [0.15, 0.2) is 0 Å². The third-order valence-corrected chi connectivity index (χ3v) is 3.97. The van der Waals surface area contributed by atoms with Crippen LogP contribution >= 0.6 is 0 Å². The Morgan fingerprint density at radius 2 is 1.12 bits per heavy atom. The lowest BCUT2D eigenvalue weighted by atomic mass is 10.1. The predicted molar refractivity (Wildman–Crippen MR) is 108 cm³/mol. The lowest BCUT2D eigenvalue weighted by Gasteiger charge is -1.99. The summed E-state index contributed by atoms with van der Waals surface area (Å²) in [6.07, 6.45) is 23.0. The molecule has 0 unspecified atom stereocenters. The summed E-state index contributed by atoms with van der Waals surface area (Å²) in [4.78, 5) is 10.5. The maximum atomic E-state index is 10.5. The van der Waals surface area contributed by atoms with Gasteiger partial charge in [0.2, 0.25) is 5.91 Å². The third kappa shape index (κ3) is 29.2. The Bertz CT molecular complexity index is 263. The van der Waals surface area contributed by atoms with Crippen molar-refractivity contribution in [3.63, 3.8) is 0 Å². The van der Waals surface area contributed by atoms with Crippen molar-refractivity contribution < 1.29 is 4.79 Å². The monoisotopic (exact) mass is 340 g/mol. The van der Waals surface area contributed by atoms with E-state index in [1.54, 1.807) is 0 Å². The average Bonchev–Trinajstić information content (AvgIpc) is 2.58. The van der Waals surface area contributed by atoms with Gasteiger partial charge < -0.3 is 11.5 Å². The number of primary amides is 1. The number of hydrogen-bond donors (Lipinski definition) is 2. The number of carbonyl (C=O) groups excluding carboxylic acids is 1. The van der Waals surface area contributed by atoms with Crippen LogP contribution in [0, 0.1) is 0 Å². The second kappa shape index (κ2) is 24.4. The van der Waals surface area contributed by atoms with Crippen LogP contribution in [-0.2, 0) is 4.79 Å². The zero-order valence-electron chi connectivity index (χ0n) is 16.5. The van der Waals surface area contributed by atoms with E-state index in [0.717, 1.165) is 25.8 Å². The molecule has 0 spiro atoms. The van der Waals surface area contributed by atoms with Gasteiger partial charge in [-0.3, -0.25) is 4.79 Å². The smallest absolute Gasteiger partial charge is 0.217 e. The molecule has 3 heteroatoms. The molecule has 0 aliphatic heterocycles. The Hall–Kier alpha value is -0.830. The number of carbonyl (C=O) groups is 1. The Morgan fingerprint density at radius 3 is 1.54 bits per heavy atom. The van der Waals surface area contributed by atoms with Crippen LogP contribution in [0.4, 0.5) is 0 Å². The number of hydrogen-bond acceptors (Lipinski definition) is 2. The van der Waals surface area contributed by atoms with Crippen LogP contribution in [-0.4, -0.2) is 12.5 Å². The Kier molecular flexibility index (Phi) is 25.9. The molecule has 0 saturated carbocycles. The van der Waals surface area contributed by atoms with Gasteiger partial charge in [0, 0.05) is 6.42 Å². The van der Waals surface area contributed by atoms with Crippen LogP contribution < -0.4 is 11.5 Å². The van der Waals surface area contributed by atoms with Crippen LogP contribution in [0.3, 0.4) is 0 Å². The maximum absolute atomic E-state index is 10.5. The fourth-order valence-electron chi connectivity index (χ4n) is 2.37. The molecule has 24 heavy (non-hydrogen) atoms. The first-order valence-electron chi connectivity index (χ1n) is 10.3. The molecule has 0 saturated heterocycles. The number of nitrogens with two attached hydrogens (primary N) is 2. The van der Waals surface area contributed by atoms with Crippen LogP contribution in [0.5, 0.6) is 0 Å². The van der Waals surface area contributed by atoms with Crippen molar-refractivity contribution >= 4 is 5.91 Å². The Labute approximate surface area is 151 Å². The van der Waals surface area contributed by atoms with E-state index >= 15 is 0 Å². The molecule has 4 N–H and O–H groups in total. The van der Waals surface area contributed by atoms with Crippen molar-refractivity contribution in [2.75, 3.05) is 6.54 Å². The Morgan fingerprint density at radius 1 is 0.708 bits per heavy atom. The molecule has 0 heterocycles. The van der Waals surface area contributed by atoms with E-state index in [4.69, 9.17) is 11.5 Å². The first-order valence-corrected chi connectivity index (χ1v) is 10.3. The van der Waals surface area contributed by atoms with Crippen LogP contribution in [0.2, 0.25) is 0 Å². The molecule has 0 atom stereocenters. The van der Waals surface area contributed by atoms with E-state index in [-0.39, 0.29) is 5.91 Å². The van der Waals surface area contributed by atoms with Crippen LogP contribution in [0.15, 0.2) is 12.2 Å². The second-order valence-corrected chi connectivity index (χ2v) is 6.59. The van der Waals surface area contributed by atoms with Crippen molar-refractivity contribution in [1.82, 2.24) is 0 Å². The lowest BCUT2D eigenvalue weighted by molar-refractivity contribution is -0.118. The zero-order valence-corrected chi connectivity index (χ0v) is 16.5. The highest BCUT2D eigenvalue weighted by atomic mass is 16.1. The van der Waals surface area contributed by atoms with Gasteiger partial charge in [-0.15, -0.1) is 0 Å². The minimum atomic E-state index is -0.164. The molecule has 0 aliphatic rings. The highest BCUT2D eigenvalue weighted by molar-refractivity contribution is 5.73. The maximum Gasteiger partial charge on any atom is 0.217 e. The molecule has 0 fully saturated rings. The molecular weight excluding hydrogens is 296 g/mol. The van der Waals surface area contributed by atoms with Gasteiger partial charge in [0.05, 0.1) is 0 Å². The molecule has 0 bridgehead atoms. The topological polar surface area (TPSA) is 69.1 Å². The molecule has 0 aliphatic carbocycles.